The third-order valence-electron chi connectivity index (χ3n) is 4.42. The van der Waals surface area contributed by atoms with Crippen LogP contribution in [-0.4, -0.2) is 45.8 Å². The molecule has 6 nitrogen and oxygen atoms in total. The Morgan fingerprint density at radius 1 is 1.42 bits per heavy atom. The molecule has 0 spiro atoms. The lowest BCUT2D eigenvalue weighted by atomic mass is 10.0. The first kappa shape index (κ1) is 16.9. The molecule has 1 aliphatic carbocycles. The van der Waals surface area contributed by atoms with Crippen LogP contribution in [0.5, 0.6) is 0 Å². The molecule has 2 aromatic rings. The van der Waals surface area contributed by atoms with E-state index in [9.17, 15) is 9.90 Å². The summed E-state index contributed by atoms with van der Waals surface area (Å²) in [6.07, 6.45) is 3.05. The first-order chi connectivity index (χ1) is 11.6. The average molecular weight is 331 g/mol. The van der Waals surface area contributed by atoms with Crippen LogP contribution in [0.2, 0.25) is 0 Å². The molecular weight excluding hydrogens is 306 g/mol. The largest absolute Gasteiger partial charge is 0.395 e. The predicted octanol–water partition coefficient (Wildman–Crippen LogP) is 3.07. The average Bonchev–Trinajstić information content (AvgIpc) is 3.32. The third-order valence-corrected chi connectivity index (χ3v) is 4.42. The Balaban J connectivity index is 2.12. The molecule has 0 saturated heterocycles. The van der Waals surface area contributed by atoms with Gasteiger partial charge in [0.2, 0.25) is 0 Å². The fourth-order valence-electron chi connectivity index (χ4n) is 3.02. The molecule has 24 heavy (non-hydrogen) atoms. The van der Waals surface area contributed by atoms with E-state index in [2.05, 4.69) is 10.1 Å². The van der Waals surface area contributed by atoms with Crippen molar-refractivity contribution in [3.63, 3.8) is 0 Å². The maximum absolute atomic E-state index is 13.1. The lowest BCUT2D eigenvalue weighted by Crippen LogP contribution is -2.34. The van der Waals surface area contributed by atoms with Gasteiger partial charge in [-0.05, 0) is 31.2 Å². The monoisotopic (exact) mass is 331 g/mol. The van der Waals surface area contributed by atoms with Crippen LogP contribution in [-0.2, 0) is 0 Å². The van der Waals surface area contributed by atoms with Gasteiger partial charge in [0.05, 0.1) is 23.3 Å². The van der Waals surface area contributed by atoms with Crippen molar-refractivity contribution in [3.8, 4) is 0 Å². The minimum absolute atomic E-state index is 0.0455. The first-order valence-electron chi connectivity index (χ1n) is 8.77. The van der Waals surface area contributed by atoms with Crippen molar-refractivity contribution >= 4 is 17.0 Å². The highest BCUT2D eigenvalue weighted by atomic mass is 16.5. The summed E-state index contributed by atoms with van der Waals surface area (Å²) in [7, 11) is 0. The number of hydrogen-bond donors (Lipinski definition) is 1. The number of hydrogen-bond acceptors (Lipinski definition) is 5. The zero-order valence-electron chi connectivity index (χ0n) is 14.6. The molecule has 130 valence electrons. The molecule has 0 aromatic carbocycles. The maximum Gasteiger partial charge on any atom is 0.259 e. The molecule has 0 bridgehead atoms. The second-order valence-corrected chi connectivity index (χ2v) is 6.79. The Hall–Kier alpha value is -1.95. The third kappa shape index (κ3) is 3.15. The van der Waals surface area contributed by atoms with E-state index in [-0.39, 0.29) is 18.4 Å². The van der Waals surface area contributed by atoms with Crippen molar-refractivity contribution in [1.29, 1.82) is 0 Å². The van der Waals surface area contributed by atoms with Crippen molar-refractivity contribution in [1.82, 2.24) is 15.0 Å². The SMILES string of the molecule is CCCN(CCO)C(=O)c1cc(C2CC2)nc2onc(C(C)C)c12. The quantitative estimate of drug-likeness (QED) is 0.843. The van der Waals surface area contributed by atoms with E-state index in [4.69, 9.17) is 4.52 Å². The van der Waals surface area contributed by atoms with Gasteiger partial charge in [-0.2, -0.15) is 0 Å². The van der Waals surface area contributed by atoms with Crippen LogP contribution >= 0.6 is 0 Å². The fraction of sp³-hybridized carbons (Fsp3) is 0.611. The summed E-state index contributed by atoms with van der Waals surface area (Å²) < 4.78 is 5.44. The summed E-state index contributed by atoms with van der Waals surface area (Å²) in [6.45, 7) is 6.97. The molecule has 1 aliphatic rings. The van der Waals surface area contributed by atoms with Gasteiger partial charge in [0, 0.05) is 24.7 Å². The first-order valence-corrected chi connectivity index (χ1v) is 8.77. The lowest BCUT2D eigenvalue weighted by Gasteiger charge is -2.22. The van der Waals surface area contributed by atoms with Crippen LogP contribution in [0.25, 0.3) is 11.1 Å². The van der Waals surface area contributed by atoms with E-state index in [0.717, 1.165) is 36.0 Å². The van der Waals surface area contributed by atoms with Crippen molar-refractivity contribution < 1.29 is 14.4 Å². The molecule has 2 heterocycles. The van der Waals surface area contributed by atoms with Crippen LogP contribution < -0.4 is 0 Å². The zero-order chi connectivity index (χ0) is 17.3. The van der Waals surface area contributed by atoms with Gasteiger partial charge in [-0.1, -0.05) is 25.9 Å². The molecule has 0 atom stereocenters. The Morgan fingerprint density at radius 2 is 2.17 bits per heavy atom. The highest BCUT2D eigenvalue weighted by molar-refractivity contribution is 6.06. The van der Waals surface area contributed by atoms with Crippen LogP contribution in [0.3, 0.4) is 0 Å². The molecule has 6 heteroatoms. The number of carbonyl (C=O) groups is 1. The Labute approximate surface area is 141 Å². The highest BCUT2D eigenvalue weighted by Crippen LogP contribution is 2.41. The van der Waals surface area contributed by atoms with E-state index >= 15 is 0 Å². The van der Waals surface area contributed by atoms with Crippen molar-refractivity contribution in [2.45, 2.75) is 51.9 Å². The molecule has 1 N–H and O–H groups in total. The fourth-order valence-corrected chi connectivity index (χ4v) is 3.02. The molecule has 0 radical (unpaired) electrons. The van der Waals surface area contributed by atoms with Gasteiger partial charge in [-0.15, -0.1) is 0 Å². The summed E-state index contributed by atoms with van der Waals surface area (Å²) in [5, 5.41) is 14.2. The number of carbonyl (C=O) groups excluding carboxylic acids is 1. The number of nitrogens with zero attached hydrogens (tertiary/aromatic N) is 3. The van der Waals surface area contributed by atoms with Gasteiger partial charge in [0.1, 0.15) is 0 Å². The normalized spacial score (nSPS) is 14.5. The van der Waals surface area contributed by atoms with Crippen LogP contribution in [0.15, 0.2) is 10.6 Å². The number of aliphatic hydroxyl groups excluding tert-OH is 1. The van der Waals surface area contributed by atoms with Gasteiger partial charge in [0.15, 0.2) is 0 Å². The molecule has 1 saturated carbocycles. The van der Waals surface area contributed by atoms with Gasteiger partial charge >= 0.3 is 0 Å². The number of rotatable bonds is 7. The Morgan fingerprint density at radius 3 is 2.75 bits per heavy atom. The molecular formula is C18H25N3O3. The minimum atomic E-state index is -0.0784. The number of fused-ring (bicyclic) bond motifs is 1. The van der Waals surface area contributed by atoms with Gasteiger partial charge < -0.3 is 14.5 Å². The highest BCUT2D eigenvalue weighted by Gasteiger charge is 2.30. The van der Waals surface area contributed by atoms with Crippen LogP contribution in [0.4, 0.5) is 0 Å². The van der Waals surface area contributed by atoms with Gasteiger partial charge in [0.25, 0.3) is 11.6 Å². The maximum atomic E-state index is 13.1. The second kappa shape index (κ2) is 6.89. The molecule has 1 amide bonds. The number of pyridine rings is 1. The summed E-state index contributed by atoms with van der Waals surface area (Å²) >= 11 is 0. The molecule has 0 unspecified atom stereocenters. The number of aliphatic hydroxyl groups is 1. The number of amides is 1. The van der Waals surface area contributed by atoms with Crippen LogP contribution in [0, 0.1) is 0 Å². The van der Waals surface area contributed by atoms with E-state index < -0.39 is 0 Å². The summed E-state index contributed by atoms with van der Waals surface area (Å²) in [4.78, 5) is 19.4. The smallest absolute Gasteiger partial charge is 0.259 e. The minimum Gasteiger partial charge on any atom is -0.395 e. The summed E-state index contributed by atoms with van der Waals surface area (Å²) in [6, 6.07) is 1.91. The standard InChI is InChI=1S/C18H25N3O3/c1-4-7-21(8-9-22)18(23)13-10-14(12-5-6-12)19-17-15(13)16(11(2)3)20-24-17/h10-12,22H,4-9H2,1-3H3. The molecule has 0 aliphatic heterocycles. The molecule has 2 aromatic heterocycles. The molecule has 3 rings (SSSR count). The molecule has 1 fully saturated rings. The van der Waals surface area contributed by atoms with Crippen LogP contribution in [0.1, 0.15) is 73.6 Å². The van der Waals surface area contributed by atoms with Crippen molar-refractivity contribution in [3.05, 3.63) is 23.0 Å². The zero-order valence-corrected chi connectivity index (χ0v) is 14.6. The van der Waals surface area contributed by atoms with Gasteiger partial charge in [-0.25, -0.2) is 4.98 Å². The Kier molecular flexibility index (Phi) is 4.85. The van der Waals surface area contributed by atoms with E-state index in [0.29, 0.717) is 30.3 Å². The Bertz CT molecular complexity index is 728. The van der Waals surface area contributed by atoms with Gasteiger partial charge in [-0.3, -0.25) is 4.79 Å². The van der Waals surface area contributed by atoms with E-state index in [1.807, 2.05) is 26.8 Å². The lowest BCUT2D eigenvalue weighted by molar-refractivity contribution is 0.0723. The van der Waals surface area contributed by atoms with E-state index in [1.165, 1.54) is 0 Å². The summed E-state index contributed by atoms with van der Waals surface area (Å²) in [5.74, 6) is 0.486. The van der Waals surface area contributed by atoms with E-state index in [1.54, 1.807) is 4.90 Å². The topological polar surface area (TPSA) is 79.5 Å². The summed E-state index contributed by atoms with van der Waals surface area (Å²) in [5.41, 5.74) is 2.74. The van der Waals surface area contributed by atoms with Crippen molar-refractivity contribution in [2.75, 3.05) is 19.7 Å². The predicted molar refractivity (Wildman–Crippen MR) is 91.1 cm³/mol. The number of aromatic nitrogens is 2. The van der Waals surface area contributed by atoms with Crippen molar-refractivity contribution in [2.24, 2.45) is 0 Å². The second-order valence-electron chi connectivity index (χ2n) is 6.79.